The molecule has 2 rings (SSSR count). The molecular formula is C13H21ClN2S. The lowest BCUT2D eigenvalue weighted by Gasteiger charge is -2.35. The zero-order valence-corrected chi connectivity index (χ0v) is 12.2. The quantitative estimate of drug-likeness (QED) is 0.904. The van der Waals surface area contributed by atoms with E-state index in [1.807, 2.05) is 13.1 Å². The van der Waals surface area contributed by atoms with Crippen molar-refractivity contribution in [1.29, 1.82) is 0 Å². The Hall–Kier alpha value is -0.0900. The van der Waals surface area contributed by atoms with E-state index < -0.39 is 0 Å². The molecule has 0 radical (unpaired) electrons. The van der Waals surface area contributed by atoms with Crippen LogP contribution in [0.5, 0.6) is 0 Å². The lowest BCUT2D eigenvalue weighted by Crippen LogP contribution is -2.37. The summed E-state index contributed by atoms with van der Waals surface area (Å²) in [7, 11) is 2.04. The molecule has 1 aromatic heterocycles. The van der Waals surface area contributed by atoms with Gasteiger partial charge in [0.1, 0.15) is 0 Å². The van der Waals surface area contributed by atoms with E-state index in [0.717, 1.165) is 16.8 Å². The molecule has 17 heavy (non-hydrogen) atoms. The smallest absolute Gasteiger partial charge is 0.0931 e. The van der Waals surface area contributed by atoms with Crippen LogP contribution in [-0.2, 0) is 0 Å². The highest BCUT2D eigenvalue weighted by atomic mass is 35.5. The van der Waals surface area contributed by atoms with Crippen LogP contribution in [0.4, 0.5) is 0 Å². The molecule has 4 heteroatoms. The fourth-order valence-electron chi connectivity index (χ4n) is 2.57. The lowest BCUT2D eigenvalue weighted by molar-refractivity contribution is 0.143. The highest BCUT2D eigenvalue weighted by Gasteiger charge is 2.23. The number of hydrogen-bond acceptors (Lipinski definition) is 3. The maximum atomic E-state index is 6.00. The molecule has 1 N–H and O–H groups in total. The van der Waals surface area contributed by atoms with Crippen molar-refractivity contribution in [3.05, 3.63) is 21.3 Å². The Balaban J connectivity index is 1.88. The fourth-order valence-corrected chi connectivity index (χ4v) is 3.71. The summed E-state index contributed by atoms with van der Waals surface area (Å²) in [6.07, 6.45) is 2.62. The maximum Gasteiger partial charge on any atom is 0.0931 e. The average molecular weight is 273 g/mol. The predicted molar refractivity (Wildman–Crippen MR) is 76.0 cm³/mol. The van der Waals surface area contributed by atoms with Crippen LogP contribution < -0.4 is 5.32 Å². The number of hydrogen-bond donors (Lipinski definition) is 1. The van der Waals surface area contributed by atoms with E-state index in [1.54, 1.807) is 11.3 Å². The van der Waals surface area contributed by atoms with Crippen LogP contribution in [0.15, 0.2) is 12.1 Å². The van der Waals surface area contributed by atoms with Gasteiger partial charge >= 0.3 is 0 Å². The molecule has 1 saturated heterocycles. The molecule has 0 amide bonds. The van der Waals surface area contributed by atoms with Gasteiger partial charge in [0.25, 0.3) is 0 Å². The molecule has 0 bridgehead atoms. The van der Waals surface area contributed by atoms with Crippen molar-refractivity contribution < 1.29 is 0 Å². The van der Waals surface area contributed by atoms with Crippen molar-refractivity contribution in [2.75, 3.05) is 26.7 Å². The van der Waals surface area contributed by atoms with E-state index in [2.05, 4.69) is 23.2 Å². The topological polar surface area (TPSA) is 15.3 Å². The second-order valence-corrected chi connectivity index (χ2v) is 6.60. The number of thiophene rings is 1. The fraction of sp³-hybridized carbons (Fsp3) is 0.692. The average Bonchev–Trinajstić information content (AvgIpc) is 2.76. The number of piperidine rings is 1. The van der Waals surface area contributed by atoms with Crippen molar-refractivity contribution >= 4 is 22.9 Å². The minimum atomic E-state index is 0.517. The van der Waals surface area contributed by atoms with Gasteiger partial charge in [0, 0.05) is 10.9 Å². The number of halogens is 1. The van der Waals surface area contributed by atoms with Crippen molar-refractivity contribution in [2.24, 2.45) is 5.92 Å². The number of nitrogens with zero attached hydrogens (tertiary/aromatic N) is 1. The number of rotatable bonds is 4. The first-order chi connectivity index (χ1) is 8.20. The van der Waals surface area contributed by atoms with E-state index in [4.69, 9.17) is 11.6 Å². The molecule has 0 saturated carbocycles. The molecule has 2 nitrogen and oxygen atoms in total. The van der Waals surface area contributed by atoms with Gasteiger partial charge in [0.15, 0.2) is 0 Å². The molecule has 1 aromatic rings. The van der Waals surface area contributed by atoms with E-state index in [0.29, 0.717) is 6.04 Å². The second kappa shape index (κ2) is 6.19. The van der Waals surface area contributed by atoms with Gasteiger partial charge < -0.3 is 5.32 Å². The van der Waals surface area contributed by atoms with Crippen molar-refractivity contribution in [1.82, 2.24) is 10.2 Å². The molecule has 0 spiro atoms. The highest BCUT2D eigenvalue weighted by Crippen LogP contribution is 2.32. The third-order valence-electron chi connectivity index (χ3n) is 3.70. The van der Waals surface area contributed by atoms with Crippen molar-refractivity contribution in [3.8, 4) is 0 Å². The monoisotopic (exact) mass is 272 g/mol. The highest BCUT2D eigenvalue weighted by molar-refractivity contribution is 7.16. The van der Waals surface area contributed by atoms with Gasteiger partial charge in [-0.05, 0) is 64.5 Å². The Morgan fingerprint density at radius 3 is 2.71 bits per heavy atom. The number of nitrogens with one attached hydrogen (secondary N) is 1. The van der Waals surface area contributed by atoms with E-state index >= 15 is 0 Å². The third kappa shape index (κ3) is 3.44. The van der Waals surface area contributed by atoms with Crippen LogP contribution in [0.25, 0.3) is 0 Å². The van der Waals surface area contributed by atoms with Crippen LogP contribution >= 0.6 is 22.9 Å². The zero-order valence-electron chi connectivity index (χ0n) is 10.6. The van der Waals surface area contributed by atoms with Gasteiger partial charge in [-0.15, -0.1) is 11.3 Å². The summed E-state index contributed by atoms with van der Waals surface area (Å²) in [5.41, 5.74) is 0. The Morgan fingerprint density at radius 1 is 1.47 bits per heavy atom. The molecule has 2 heterocycles. The van der Waals surface area contributed by atoms with E-state index in [-0.39, 0.29) is 0 Å². The summed E-state index contributed by atoms with van der Waals surface area (Å²) >= 11 is 7.71. The molecule has 1 aliphatic rings. The van der Waals surface area contributed by atoms with E-state index in [9.17, 15) is 0 Å². The van der Waals surface area contributed by atoms with Crippen LogP contribution in [0, 0.1) is 5.92 Å². The second-order valence-electron chi connectivity index (χ2n) is 4.85. The van der Waals surface area contributed by atoms with Crippen LogP contribution in [0.1, 0.15) is 30.7 Å². The summed E-state index contributed by atoms with van der Waals surface area (Å²) in [4.78, 5) is 3.97. The summed E-state index contributed by atoms with van der Waals surface area (Å²) in [6.45, 7) is 5.87. The van der Waals surface area contributed by atoms with Gasteiger partial charge in [0.2, 0.25) is 0 Å². The summed E-state index contributed by atoms with van der Waals surface area (Å²) in [6, 6.07) is 4.69. The standard InChI is InChI=1S/C13H21ClN2S/c1-10(12-3-4-13(14)17-12)16-7-5-11(6-8-16)9-15-2/h3-4,10-11,15H,5-9H2,1-2H3. The molecule has 1 aliphatic heterocycles. The summed E-state index contributed by atoms with van der Waals surface area (Å²) in [5, 5.41) is 3.28. The first-order valence-corrected chi connectivity index (χ1v) is 7.54. The maximum absolute atomic E-state index is 6.00. The van der Waals surface area contributed by atoms with Crippen molar-refractivity contribution in [3.63, 3.8) is 0 Å². The van der Waals surface area contributed by atoms with Crippen LogP contribution in [0.2, 0.25) is 4.34 Å². The van der Waals surface area contributed by atoms with Gasteiger partial charge in [-0.2, -0.15) is 0 Å². The minimum absolute atomic E-state index is 0.517. The van der Waals surface area contributed by atoms with Gasteiger partial charge in [-0.3, -0.25) is 4.90 Å². The molecular weight excluding hydrogens is 252 g/mol. The van der Waals surface area contributed by atoms with Gasteiger partial charge in [-0.25, -0.2) is 0 Å². The molecule has 1 unspecified atom stereocenters. The Kier molecular flexibility index (Phi) is 4.86. The molecule has 1 atom stereocenters. The Morgan fingerprint density at radius 2 is 2.18 bits per heavy atom. The third-order valence-corrected chi connectivity index (χ3v) is 5.10. The summed E-state index contributed by atoms with van der Waals surface area (Å²) in [5.74, 6) is 0.857. The molecule has 0 aromatic carbocycles. The van der Waals surface area contributed by atoms with Crippen LogP contribution in [-0.4, -0.2) is 31.6 Å². The number of likely N-dealkylation sites (tertiary alicyclic amines) is 1. The normalized spacial score (nSPS) is 20.6. The predicted octanol–water partition coefficient (Wildman–Crippen LogP) is 3.39. The first kappa shape index (κ1) is 13.3. The summed E-state index contributed by atoms with van der Waals surface area (Å²) < 4.78 is 0.900. The molecule has 96 valence electrons. The SMILES string of the molecule is CNCC1CCN(C(C)c2ccc(Cl)s2)CC1. The van der Waals surface area contributed by atoms with Crippen LogP contribution in [0.3, 0.4) is 0 Å². The minimum Gasteiger partial charge on any atom is -0.319 e. The zero-order chi connectivity index (χ0) is 12.3. The first-order valence-electron chi connectivity index (χ1n) is 6.34. The van der Waals surface area contributed by atoms with E-state index in [1.165, 1.54) is 30.8 Å². The Labute approximate surface area is 113 Å². The molecule has 1 fully saturated rings. The largest absolute Gasteiger partial charge is 0.319 e. The van der Waals surface area contributed by atoms with Gasteiger partial charge in [0.05, 0.1) is 4.34 Å². The lowest BCUT2D eigenvalue weighted by atomic mass is 9.96. The van der Waals surface area contributed by atoms with Crippen molar-refractivity contribution in [2.45, 2.75) is 25.8 Å². The molecule has 0 aliphatic carbocycles. The Bertz CT molecular complexity index is 345. The van der Waals surface area contributed by atoms with Gasteiger partial charge in [-0.1, -0.05) is 11.6 Å².